The van der Waals surface area contributed by atoms with Crippen LogP contribution in [0.15, 0.2) is 48.7 Å². The van der Waals surface area contributed by atoms with Gasteiger partial charge in [0.2, 0.25) is 5.82 Å². The molecule has 0 bridgehead atoms. The molecule has 0 fully saturated rings. The molecule has 27 heavy (non-hydrogen) atoms. The van der Waals surface area contributed by atoms with Crippen LogP contribution in [-0.2, 0) is 0 Å². The van der Waals surface area contributed by atoms with Crippen LogP contribution in [-0.4, -0.2) is 33.5 Å². The minimum atomic E-state index is -0.443. The standard InChI is InChI=1S/C20H20N4O3/c1-3-11-21-19(26)17-16-6-4-5-12-24(16)18(23-17)20(27)22-15-9-7-14(8-10-15)13(2)25/h4-10,12H,3,11H2,1-2H3,(H,21,26)(H,22,27). The van der Waals surface area contributed by atoms with Gasteiger partial charge in [-0.15, -0.1) is 0 Å². The zero-order chi connectivity index (χ0) is 19.4. The van der Waals surface area contributed by atoms with Crippen LogP contribution in [0.2, 0.25) is 0 Å². The highest BCUT2D eigenvalue weighted by Crippen LogP contribution is 2.16. The zero-order valence-electron chi connectivity index (χ0n) is 15.2. The second-order valence-corrected chi connectivity index (χ2v) is 6.08. The van der Waals surface area contributed by atoms with Crippen LogP contribution >= 0.6 is 0 Å². The van der Waals surface area contributed by atoms with E-state index in [1.165, 1.54) is 6.92 Å². The molecule has 0 saturated carbocycles. The fourth-order valence-corrected chi connectivity index (χ4v) is 2.66. The van der Waals surface area contributed by atoms with E-state index in [9.17, 15) is 14.4 Å². The third-order valence-electron chi connectivity index (χ3n) is 4.05. The fraction of sp³-hybridized carbons (Fsp3) is 0.200. The van der Waals surface area contributed by atoms with Crippen molar-refractivity contribution in [2.75, 3.05) is 11.9 Å². The average Bonchev–Trinajstić information content (AvgIpc) is 3.06. The number of ketones is 1. The highest BCUT2D eigenvalue weighted by atomic mass is 16.2. The molecule has 0 radical (unpaired) electrons. The summed E-state index contributed by atoms with van der Waals surface area (Å²) in [5.41, 5.74) is 1.87. The maximum atomic E-state index is 12.7. The van der Waals surface area contributed by atoms with E-state index in [4.69, 9.17) is 0 Å². The van der Waals surface area contributed by atoms with Crippen molar-refractivity contribution in [3.63, 3.8) is 0 Å². The fourth-order valence-electron chi connectivity index (χ4n) is 2.66. The van der Waals surface area contributed by atoms with Crippen LogP contribution in [0.1, 0.15) is 51.7 Å². The van der Waals surface area contributed by atoms with Crippen molar-refractivity contribution < 1.29 is 14.4 Å². The number of anilines is 1. The van der Waals surface area contributed by atoms with E-state index in [1.54, 1.807) is 53.1 Å². The van der Waals surface area contributed by atoms with Crippen molar-refractivity contribution in [2.45, 2.75) is 20.3 Å². The van der Waals surface area contributed by atoms with E-state index in [1.807, 2.05) is 6.92 Å². The zero-order valence-corrected chi connectivity index (χ0v) is 15.2. The SMILES string of the molecule is CCCNC(=O)c1nc(C(=O)Nc2ccc(C(C)=O)cc2)n2ccccc12. The summed E-state index contributed by atoms with van der Waals surface area (Å²) in [5, 5.41) is 5.53. The molecule has 2 amide bonds. The van der Waals surface area contributed by atoms with E-state index in [0.29, 0.717) is 23.3 Å². The van der Waals surface area contributed by atoms with Gasteiger partial charge in [-0.25, -0.2) is 4.98 Å². The molecule has 0 atom stereocenters. The Hall–Kier alpha value is -3.48. The molecule has 7 nitrogen and oxygen atoms in total. The first-order valence-corrected chi connectivity index (χ1v) is 8.69. The Morgan fingerprint density at radius 1 is 1.04 bits per heavy atom. The Morgan fingerprint density at radius 2 is 1.78 bits per heavy atom. The summed E-state index contributed by atoms with van der Waals surface area (Å²) in [6.07, 6.45) is 2.49. The smallest absolute Gasteiger partial charge is 0.292 e. The van der Waals surface area contributed by atoms with Crippen LogP contribution < -0.4 is 10.6 Å². The molecule has 0 saturated heterocycles. The summed E-state index contributed by atoms with van der Waals surface area (Å²) in [4.78, 5) is 40.7. The van der Waals surface area contributed by atoms with Gasteiger partial charge in [0.05, 0.1) is 5.52 Å². The summed E-state index contributed by atoms with van der Waals surface area (Å²) in [7, 11) is 0. The topological polar surface area (TPSA) is 92.6 Å². The molecule has 2 aromatic heterocycles. The van der Waals surface area contributed by atoms with Crippen LogP contribution in [0.5, 0.6) is 0 Å². The summed E-state index contributed by atoms with van der Waals surface area (Å²) < 4.78 is 1.58. The highest BCUT2D eigenvalue weighted by Gasteiger charge is 2.21. The number of amides is 2. The molecule has 1 aromatic carbocycles. The molecule has 0 aliphatic carbocycles. The molecule has 0 spiro atoms. The largest absolute Gasteiger partial charge is 0.351 e. The van der Waals surface area contributed by atoms with Crippen molar-refractivity contribution >= 4 is 28.8 Å². The second kappa shape index (κ2) is 7.82. The highest BCUT2D eigenvalue weighted by molar-refractivity contribution is 6.06. The number of carbonyl (C=O) groups is 3. The number of carbonyl (C=O) groups excluding carboxylic acids is 3. The number of aromatic nitrogens is 2. The maximum Gasteiger partial charge on any atom is 0.292 e. The third-order valence-corrected chi connectivity index (χ3v) is 4.05. The van der Waals surface area contributed by atoms with E-state index in [-0.39, 0.29) is 23.2 Å². The number of pyridine rings is 1. The van der Waals surface area contributed by atoms with Crippen molar-refractivity contribution in [3.8, 4) is 0 Å². The van der Waals surface area contributed by atoms with Gasteiger partial charge in [0.1, 0.15) is 0 Å². The first-order chi connectivity index (χ1) is 13.0. The van der Waals surface area contributed by atoms with Crippen LogP contribution in [0.4, 0.5) is 5.69 Å². The number of benzene rings is 1. The Bertz CT molecular complexity index is 1010. The molecular weight excluding hydrogens is 344 g/mol. The first kappa shape index (κ1) is 18.3. The van der Waals surface area contributed by atoms with E-state index >= 15 is 0 Å². The Morgan fingerprint density at radius 3 is 2.44 bits per heavy atom. The Kier molecular flexibility index (Phi) is 5.30. The number of hydrogen-bond acceptors (Lipinski definition) is 4. The molecule has 3 rings (SSSR count). The quantitative estimate of drug-likeness (QED) is 0.658. The molecule has 7 heteroatoms. The first-order valence-electron chi connectivity index (χ1n) is 8.69. The van der Waals surface area contributed by atoms with Gasteiger partial charge < -0.3 is 10.6 Å². The van der Waals surface area contributed by atoms with Crippen molar-refractivity contribution in [2.24, 2.45) is 0 Å². The molecule has 2 N–H and O–H groups in total. The maximum absolute atomic E-state index is 12.7. The van der Waals surface area contributed by atoms with Crippen LogP contribution in [0, 0.1) is 0 Å². The third kappa shape index (κ3) is 3.87. The Labute approximate surface area is 156 Å². The lowest BCUT2D eigenvalue weighted by atomic mass is 10.1. The molecule has 0 aliphatic heterocycles. The lowest BCUT2D eigenvalue weighted by Crippen LogP contribution is -2.24. The number of nitrogens with one attached hydrogen (secondary N) is 2. The van der Waals surface area contributed by atoms with E-state index in [2.05, 4.69) is 15.6 Å². The van der Waals surface area contributed by atoms with Crippen molar-refractivity contribution in [3.05, 3.63) is 65.7 Å². The van der Waals surface area contributed by atoms with Crippen molar-refractivity contribution in [1.29, 1.82) is 0 Å². The van der Waals surface area contributed by atoms with Gasteiger partial charge in [0.15, 0.2) is 11.5 Å². The number of fused-ring (bicyclic) bond motifs is 1. The molecule has 0 unspecified atom stereocenters. The van der Waals surface area contributed by atoms with Crippen LogP contribution in [0.25, 0.3) is 5.52 Å². The Balaban J connectivity index is 1.90. The summed E-state index contributed by atoms with van der Waals surface area (Å²) in [6, 6.07) is 11.9. The van der Waals surface area contributed by atoms with Gasteiger partial charge in [0, 0.05) is 24.0 Å². The monoisotopic (exact) mass is 364 g/mol. The van der Waals surface area contributed by atoms with Gasteiger partial charge in [-0.3, -0.25) is 18.8 Å². The molecule has 0 aliphatic rings. The lowest BCUT2D eigenvalue weighted by molar-refractivity contribution is 0.0949. The molecule has 2 heterocycles. The summed E-state index contributed by atoms with van der Waals surface area (Å²) in [6.45, 7) is 3.98. The van der Waals surface area contributed by atoms with Gasteiger partial charge in [-0.2, -0.15) is 0 Å². The molecule has 138 valence electrons. The second-order valence-electron chi connectivity index (χ2n) is 6.08. The van der Waals surface area contributed by atoms with Crippen molar-refractivity contribution in [1.82, 2.24) is 14.7 Å². The molecule has 3 aromatic rings. The minimum absolute atomic E-state index is 0.0464. The summed E-state index contributed by atoms with van der Waals surface area (Å²) in [5.74, 6) is -0.690. The number of Topliss-reactive ketones (excluding diaryl/α,β-unsaturated/α-hetero) is 1. The number of hydrogen-bond donors (Lipinski definition) is 2. The van der Waals surface area contributed by atoms with Crippen LogP contribution in [0.3, 0.4) is 0 Å². The van der Waals surface area contributed by atoms with E-state index < -0.39 is 5.91 Å². The predicted octanol–water partition coefficient (Wildman–Crippen LogP) is 2.93. The minimum Gasteiger partial charge on any atom is -0.351 e. The predicted molar refractivity (Wildman–Crippen MR) is 102 cm³/mol. The molecular formula is C20H20N4O3. The number of rotatable bonds is 6. The van der Waals surface area contributed by atoms with Gasteiger partial charge in [-0.1, -0.05) is 13.0 Å². The average molecular weight is 364 g/mol. The number of nitrogens with zero attached hydrogens (tertiary/aromatic N) is 2. The van der Waals surface area contributed by atoms with Gasteiger partial charge in [0.25, 0.3) is 11.8 Å². The summed E-state index contributed by atoms with van der Waals surface area (Å²) >= 11 is 0. The lowest BCUT2D eigenvalue weighted by Gasteiger charge is -2.05. The van der Waals surface area contributed by atoms with Gasteiger partial charge >= 0.3 is 0 Å². The van der Waals surface area contributed by atoms with E-state index in [0.717, 1.165) is 6.42 Å². The number of imidazole rings is 1. The normalized spacial score (nSPS) is 10.6. The van der Waals surface area contributed by atoms with Gasteiger partial charge in [-0.05, 0) is 49.7 Å².